The average molecular weight is 303 g/mol. The minimum absolute atomic E-state index is 0.0271. The molecule has 0 aliphatic carbocycles. The van der Waals surface area contributed by atoms with Crippen LogP contribution in [0.1, 0.15) is 25.6 Å². The largest absolute Gasteiger partial charge is 0.401 e. The summed E-state index contributed by atoms with van der Waals surface area (Å²) < 4.78 is 5.67. The lowest BCUT2D eigenvalue weighted by molar-refractivity contribution is 0.0250. The van der Waals surface area contributed by atoms with Crippen LogP contribution >= 0.6 is 0 Å². The Balaban J connectivity index is 1.87. The molecule has 0 amide bonds. The van der Waals surface area contributed by atoms with Crippen molar-refractivity contribution in [3.63, 3.8) is 0 Å². The van der Waals surface area contributed by atoms with E-state index in [1.54, 1.807) is 12.3 Å². The third-order valence-electron chi connectivity index (χ3n) is 3.50. The zero-order chi connectivity index (χ0) is 15.9. The van der Waals surface area contributed by atoms with Gasteiger partial charge in [0, 0.05) is 24.5 Å². The number of nitrogens with two attached hydrogens (primary N) is 1. The van der Waals surface area contributed by atoms with Crippen molar-refractivity contribution < 1.29 is 4.74 Å². The summed E-state index contributed by atoms with van der Waals surface area (Å²) in [6, 6.07) is 3.94. The number of pyridine rings is 1. The molecule has 2 rings (SSSR count). The summed E-state index contributed by atoms with van der Waals surface area (Å²) in [4.78, 5) is 4.44. The highest BCUT2D eigenvalue weighted by Crippen LogP contribution is 2.17. The molecule has 1 aliphatic rings. The van der Waals surface area contributed by atoms with E-state index in [0.717, 1.165) is 31.1 Å². The van der Waals surface area contributed by atoms with Gasteiger partial charge in [0.2, 0.25) is 0 Å². The average Bonchev–Trinajstić information content (AvgIpc) is 2.54. The number of nitrogens with one attached hydrogen (secondary N) is 3. The minimum atomic E-state index is 0.0271. The van der Waals surface area contributed by atoms with Crippen LogP contribution in [0.2, 0.25) is 0 Å². The van der Waals surface area contributed by atoms with Crippen molar-refractivity contribution in [3.8, 4) is 0 Å². The van der Waals surface area contributed by atoms with Crippen LogP contribution in [-0.4, -0.2) is 36.9 Å². The van der Waals surface area contributed by atoms with Crippen LogP contribution < -0.4 is 16.4 Å². The van der Waals surface area contributed by atoms with E-state index < -0.39 is 0 Å². The number of morpholine rings is 1. The fourth-order valence-electron chi connectivity index (χ4n) is 2.08. The summed E-state index contributed by atoms with van der Waals surface area (Å²) in [5.41, 5.74) is 8.93. The molecule has 0 radical (unpaired) electrons. The first-order valence-electron chi connectivity index (χ1n) is 7.63. The molecule has 0 saturated carbocycles. The van der Waals surface area contributed by atoms with Crippen molar-refractivity contribution in [2.75, 3.05) is 31.6 Å². The Bertz CT molecular complexity index is 518. The zero-order valence-electron chi connectivity index (χ0n) is 13.2. The molecule has 0 aromatic carbocycles. The van der Waals surface area contributed by atoms with Gasteiger partial charge in [0.15, 0.2) is 0 Å². The van der Waals surface area contributed by atoms with Crippen molar-refractivity contribution in [3.05, 3.63) is 35.8 Å². The fraction of sp³-hybridized carbons (Fsp3) is 0.500. The molecular weight excluding hydrogens is 278 g/mol. The van der Waals surface area contributed by atoms with Crippen molar-refractivity contribution in [1.29, 1.82) is 5.41 Å². The van der Waals surface area contributed by atoms with Gasteiger partial charge in [-0.3, -0.25) is 4.98 Å². The van der Waals surface area contributed by atoms with Gasteiger partial charge in [0.05, 0.1) is 30.7 Å². The van der Waals surface area contributed by atoms with Crippen LogP contribution in [0.5, 0.6) is 0 Å². The van der Waals surface area contributed by atoms with E-state index in [1.807, 2.05) is 26.0 Å². The quantitative estimate of drug-likeness (QED) is 0.600. The lowest BCUT2D eigenvalue weighted by atomic mass is 10.1. The summed E-state index contributed by atoms with van der Waals surface area (Å²) in [6.45, 7) is 6.86. The van der Waals surface area contributed by atoms with Crippen LogP contribution in [0, 0.1) is 11.3 Å². The number of hydrogen-bond donors (Lipinski definition) is 4. The molecule has 1 atom stereocenters. The lowest BCUT2D eigenvalue weighted by Crippen LogP contribution is -2.33. The summed E-state index contributed by atoms with van der Waals surface area (Å²) in [7, 11) is 0. The van der Waals surface area contributed by atoms with Gasteiger partial charge < -0.3 is 26.5 Å². The van der Waals surface area contributed by atoms with Gasteiger partial charge in [-0.1, -0.05) is 13.8 Å². The molecular formula is C16H25N5O. The molecule has 1 aromatic heterocycles. The van der Waals surface area contributed by atoms with Crippen molar-refractivity contribution in [2.24, 2.45) is 11.7 Å². The summed E-state index contributed by atoms with van der Waals surface area (Å²) >= 11 is 0. The van der Waals surface area contributed by atoms with Gasteiger partial charge in [-0.15, -0.1) is 0 Å². The highest BCUT2D eigenvalue weighted by Gasteiger charge is 2.16. The number of hydrogen-bond acceptors (Lipinski definition) is 6. The molecule has 1 unspecified atom stereocenters. The van der Waals surface area contributed by atoms with E-state index in [9.17, 15) is 0 Å². The summed E-state index contributed by atoms with van der Waals surface area (Å²) in [6.07, 6.45) is 3.52. The molecule has 6 heteroatoms. The smallest absolute Gasteiger partial charge is 0.112 e. The third kappa shape index (κ3) is 4.82. The second-order valence-electron chi connectivity index (χ2n) is 5.72. The molecule has 0 spiro atoms. The van der Waals surface area contributed by atoms with Crippen LogP contribution in [0.15, 0.2) is 30.1 Å². The Kier molecular flexibility index (Phi) is 5.91. The van der Waals surface area contributed by atoms with Gasteiger partial charge in [0.1, 0.15) is 6.10 Å². The lowest BCUT2D eigenvalue weighted by Gasteiger charge is -2.23. The standard InChI is InChI=1S/C16H25N5O/c1-11(2)14(18)7-12(17)8-20-13-3-4-15(21-9-13)16-10-19-5-6-22-16/h3-4,7,9,11,16,18-20H,5-6,8,10,17H2,1-2H3/b12-7-,18-14?. The van der Waals surface area contributed by atoms with Gasteiger partial charge in [-0.25, -0.2) is 0 Å². The number of anilines is 1. The third-order valence-corrected chi connectivity index (χ3v) is 3.50. The van der Waals surface area contributed by atoms with Crippen LogP contribution in [0.25, 0.3) is 0 Å². The van der Waals surface area contributed by atoms with Gasteiger partial charge in [-0.2, -0.15) is 0 Å². The Morgan fingerprint density at radius 3 is 3.00 bits per heavy atom. The van der Waals surface area contributed by atoms with E-state index in [2.05, 4.69) is 15.6 Å². The normalized spacial score (nSPS) is 19.2. The molecule has 1 fully saturated rings. The molecule has 2 heterocycles. The van der Waals surface area contributed by atoms with E-state index in [-0.39, 0.29) is 12.0 Å². The van der Waals surface area contributed by atoms with Gasteiger partial charge in [-0.05, 0) is 24.1 Å². The molecule has 6 nitrogen and oxygen atoms in total. The van der Waals surface area contributed by atoms with Crippen LogP contribution in [0.4, 0.5) is 5.69 Å². The van der Waals surface area contributed by atoms with Crippen molar-refractivity contribution in [1.82, 2.24) is 10.3 Å². The number of rotatable bonds is 6. The van der Waals surface area contributed by atoms with E-state index in [4.69, 9.17) is 15.9 Å². The minimum Gasteiger partial charge on any atom is -0.401 e. The van der Waals surface area contributed by atoms with Gasteiger partial charge >= 0.3 is 0 Å². The molecule has 1 aromatic rings. The maximum atomic E-state index is 7.78. The Morgan fingerprint density at radius 2 is 2.41 bits per heavy atom. The number of ether oxygens (including phenoxy) is 1. The maximum absolute atomic E-state index is 7.78. The molecule has 22 heavy (non-hydrogen) atoms. The Morgan fingerprint density at radius 1 is 1.59 bits per heavy atom. The molecule has 1 saturated heterocycles. The second kappa shape index (κ2) is 7.91. The monoisotopic (exact) mass is 303 g/mol. The fourth-order valence-corrected chi connectivity index (χ4v) is 2.08. The number of allylic oxidation sites excluding steroid dienone is 1. The Hall–Kier alpha value is -1.92. The highest BCUT2D eigenvalue weighted by molar-refractivity contribution is 5.94. The summed E-state index contributed by atoms with van der Waals surface area (Å²) in [5.74, 6) is 0.184. The van der Waals surface area contributed by atoms with Crippen LogP contribution in [0.3, 0.4) is 0 Å². The van der Waals surface area contributed by atoms with E-state index in [1.165, 1.54) is 0 Å². The first-order chi connectivity index (χ1) is 10.6. The van der Waals surface area contributed by atoms with Gasteiger partial charge in [0.25, 0.3) is 0 Å². The first kappa shape index (κ1) is 16.5. The number of aromatic nitrogens is 1. The Labute approximate surface area is 131 Å². The van der Waals surface area contributed by atoms with E-state index >= 15 is 0 Å². The highest BCUT2D eigenvalue weighted by atomic mass is 16.5. The second-order valence-corrected chi connectivity index (χ2v) is 5.72. The topological polar surface area (TPSA) is 96.1 Å². The van der Waals surface area contributed by atoms with E-state index in [0.29, 0.717) is 18.0 Å². The summed E-state index contributed by atoms with van der Waals surface area (Å²) in [5, 5.41) is 14.3. The zero-order valence-corrected chi connectivity index (χ0v) is 13.2. The first-order valence-corrected chi connectivity index (χ1v) is 7.63. The molecule has 5 N–H and O–H groups in total. The SMILES string of the molecule is CC(C)C(=N)/C=C(\N)CNc1ccc(C2CNCCO2)nc1. The van der Waals surface area contributed by atoms with Crippen molar-refractivity contribution in [2.45, 2.75) is 20.0 Å². The predicted molar refractivity (Wildman–Crippen MR) is 89.1 cm³/mol. The molecule has 120 valence electrons. The maximum Gasteiger partial charge on any atom is 0.112 e. The van der Waals surface area contributed by atoms with Crippen LogP contribution in [-0.2, 0) is 4.74 Å². The predicted octanol–water partition coefficient (Wildman–Crippen LogP) is 1.67. The number of nitrogens with zero attached hydrogens (tertiary/aromatic N) is 1. The van der Waals surface area contributed by atoms with Crippen molar-refractivity contribution >= 4 is 11.4 Å². The molecule has 1 aliphatic heterocycles. The molecule has 0 bridgehead atoms.